The van der Waals surface area contributed by atoms with Crippen molar-refractivity contribution in [1.29, 1.82) is 0 Å². The number of hydrogen-bond acceptors (Lipinski definition) is 3. The summed E-state index contributed by atoms with van der Waals surface area (Å²) < 4.78 is 19.0. The number of halogens is 1. The number of unbranched alkanes of at least 4 members (excludes halogenated alkanes) is 1. The van der Waals surface area contributed by atoms with Gasteiger partial charge in [0, 0.05) is 12.0 Å². The van der Waals surface area contributed by atoms with E-state index in [0.29, 0.717) is 11.8 Å². The van der Waals surface area contributed by atoms with Gasteiger partial charge in [0.05, 0.1) is 38.5 Å². The van der Waals surface area contributed by atoms with Crippen molar-refractivity contribution >= 4 is 11.6 Å². The molecular formula is C19H23ClNO3+. The first-order valence-electron chi connectivity index (χ1n) is 8.30. The SMILES string of the molecule is CCCCOc1cc(Cl)[n+]2c(c1)-c1ccc(OC)c(OC)c1CC2. The van der Waals surface area contributed by atoms with E-state index >= 15 is 0 Å². The zero-order valence-electron chi connectivity index (χ0n) is 14.4. The van der Waals surface area contributed by atoms with Gasteiger partial charge in [-0.3, -0.25) is 0 Å². The number of ether oxygens (including phenoxy) is 3. The Hall–Kier alpha value is -1.94. The third-order valence-electron chi connectivity index (χ3n) is 4.37. The molecule has 4 nitrogen and oxygen atoms in total. The molecule has 3 rings (SSSR count). The molecule has 0 fully saturated rings. The molecule has 1 aromatic heterocycles. The largest absolute Gasteiger partial charge is 0.493 e. The first-order chi connectivity index (χ1) is 11.7. The Morgan fingerprint density at radius 2 is 2.00 bits per heavy atom. The van der Waals surface area contributed by atoms with E-state index < -0.39 is 0 Å². The lowest BCUT2D eigenvalue weighted by molar-refractivity contribution is -0.685. The lowest BCUT2D eigenvalue weighted by Crippen LogP contribution is -2.41. The Morgan fingerprint density at radius 1 is 1.17 bits per heavy atom. The van der Waals surface area contributed by atoms with Crippen LogP contribution in [0.3, 0.4) is 0 Å². The molecule has 1 aliphatic rings. The maximum absolute atomic E-state index is 6.49. The van der Waals surface area contributed by atoms with E-state index in [1.165, 1.54) is 0 Å². The van der Waals surface area contributed by atoms with Gasteiger partial charge in [0.2, 0.25) is 5.69 Å². The second kappa shape index (κ2) is 7.31. The molecule has 0 atom stereocenters. The van der Waals surface area contributed by atoms with Gasteiger partial charge in [-0.25, -0.2) is 0 Å². The minimum atomic E-state index is 0.694. The minimum absolute atomic E-state index is 0.694. The van der Waals surface area contributed by atoms with Crippen LogP contribution in [-0.4, -0.2) is 20.8 Å². The monoisotopic (exact) mass is 348 g/mol. The van der Waals surface area contributed by atoms with Crippen LogP contribution in [0.2, 0.25) is 5.15 Å². The maximum Gasteiger partial charge on any atom is 0.279 e. The summed E-state index contributed by atoms with van der Waals surface area (Å²) >= 11 is 6.49. The van der Waals surface area contributed by atoms with E-state index in [1.807, 2.05) is 12.1 Å². The molecule has 0 saturated carbocycles. The lowest BCUT2D eigenvalue weighted by Gasteiger charge is -2.20. The number of aromatic nitrogens is 1. The summed E-state index contributed by atoms with van der Waals surface area (Å²) in [5.41, 5.74) is 3.32. The predicted octanol–water partition coefficient (Wildman–Crippen LogP) is 4.05. The molecule has 2 aromatic rings. The summed E-state index contributed by atoms with van der Waals surface area (Å²) in [6, 6.07) is 7.96. The highest BCUT2D eigenvalue weighted by molar-refractivity contribution is 6.28. The van der Waals surface area contributed by atoms with Gasteiger partial charge >= 0.3 is 0 Å². The summed E-state index contributed by atoms with van der Waals surface area (Å²) in [6.07, 6.45) is 2.99. The summed E-state index contributed by atoms with van der Waals surface area (Å²) in [5.74, 6) is 2.36. The van der Waals surface area contributed by atoms with Crippen LogP contribution in [0.4, 0.5) is 0 Å². The molecule has 0 N–H and O–H groups in total. The topological polar surface area (TPSA) is 31.6 Å². The Kier molecular flexibility index (Phi) is 5.14. The fourth-order valence-corrected chi connectivity index (χ4v) is 3.42. The van der Waals surface area contributed by atoms with Gasteiger partial charge in [0.25, 0.3) is 5.15 Å². The summed E-state index contributed by atoms with van der Waals surface area (Å²) in [5, 5.41) is 0.694. The van der Waals surface area contributed by atoms with Crippen LogP contribution in [0.1, 0.15) is 25.3 Å². The fraction of sp³-hybridized carbons (Fsp3) is 0.421. The molecule has 0 unspecified atom stereocenters. The van der Waals surface area contributed by atoms with Crippen LogP contribution in [0.15, 0.2) is 24.3 Å². The molecule has 0 spiro atoms. The highest BCUT2D eigenvalue weighted by atomic mass is 35.5. The molecule has 2 heterocycles. The number of rotatable bonds is 6. The Balaban J connectivity index is 2.06. The fourth-order valence-electron chi connectivity index (χ4n) is 3.14. The second-order valence-corrected chi connectivity index (χ2v) is 6.22. The molecule has 5 heteroatoms. The van der Waals surface area contributed by atoms with Gasteiger partial charge in [-0.15, -0.1) is 0 Å². The molecule has 0 radical (unpaired) electrons. The van der Waals surface area contributed by atoms with Crippen LogP contribution < -0.4 is 18.8 Å². The van der Waals surface area contributed by atoms with E-state index in [0.717, 1.165) is 59.9 Å². The van der Waals surface area contributed by atoms with Crippen LogP contribution in [-0.2, 0) is 13.0 Å². The molecule has 0 saturated heterocycles. The number of benzene rings is 1. The van der Waals surface area contributed by atoms with Crippen molar-refractivity contribution < 1.29 is 18.8 Å². The Morgan fingerprint density at radius 3 is 2.71 bits per heavy atom. The molecule has 0 bridgehead atoms. The molecule has 1 aromatic carbocycles. The number of hydrogen-bond donors (Lipinski definition) is 0. The van der Waals surface area contributed by atoms with E-state index in [2.05, 4.69) is 23.6 Å². The molecule has 128 valence electrons. The van der Waals surface area contributed by atoms with Crippen molar-refractivity contribution in [3.8, 4) is 28.5 Å². The molecular weight excluding hydrogens is 326 g/mol. The Bertz CT molecular complexity index is 746. The minimum Gasteiger partial charge on any atom is -0.493 e. The van der Waals surface area contributed by atoms with Crippen molar-refractivity contribution in [2.75, 3.05) is 20.8 Å². The van der Waals surface area contributed by atoms with E-state index in [9.17, 15) is 0 Å². The number of fused-ring (bicyclic) bond motifs is 3. The number of pyridine rings is 1. The zero-order valence-corrected chi connectivity index (χ0v) is 15.2. The van der Waals surface area contributed by atoms with E-state index in [1.54, 1.807) is 14.2 Å². The first-order valence-corrected chi connectivity index (χ1v) is 8.67. The van der Waals surface area contributed by atoms with Crippen molar-refractivity contribution in [3.05, 3.63) is 35.0 Å². The Labute approximate surface area is 147 Å². The standard InChI is InChI=1S/C19H23ClNO3/c1-4-5-10-24-13-11-16-14-6-7-17(22-2)19(23-3)15(14)8-9-21(16)18(20)12-13/h6-7,11-12H,4-5,8-10H2,1-3H3/q+1. The van der Waals surface area contributed by atoms with Gasteiger partial charge in [0.1, 0.15) is 5.75 Å². The van der Waals surface area contributed by atoms with Crippen molar-refractivity contribution in [1.82, 2.24) is 0 Å². The van der Waals surface area contributed by atoms with Gasteiger partial charge in [-0.05, 0) is 30.2 Å². The quantitative estimate of drug-likeness (QED) is 0.448. The summed E-state index contributed by atoms with van der Waals surface area (Å²) in [4.78, 5) is 0. The average Bonchev–Trinajstić information content (AvgIpc) is 2.60. The summed E-state index contributed by atoms with van der Waals surface area (Å²) in [7, 11) is 3.34. The maximum atomic E-state index is 6.49. The highest BCUT2D eigenvalue weighted by Gasteiger charge is 2.30. The van der Waals surface area contributed by atoms with E-state index in [4.69, 9.17) is 25.8 Å². The third-order valence-corrected chi connectivity index (χ3v) is 4.68. The summed E-state index contributed by atoms with van der Waals surface area (Å²) in [6.45, 7) is 3.66. The smallest absolute Gasteiger partial charge is 0.279 e. The van der Waals surface area contributed by atoms with Crippen LogP contribution in [0.25, 0.3) is 11.3 Å². The van der Waals surface area contributed by atoms with Gasteiger partial charge < -0.3 is 14.2 Å². The van der Waals surface area contributed by atoms with E-state index in [-0.39, 0.29) is 0 Å². The van der Waals surface area contributed by atoms with Gasteiger partial charge in [0.15, 0.2) is 18.0 Å². The van der Waals surface area contributed by atoms with Crippen LogP contribution in [0.5, 0.6) is 17.2 Å². The van der Waals surface area contributed by atoms with Crippen LogP contribution >= 0.6 is 11.6 Å². The molecule has 24 heavy (non-hydrogen) atoms. The van der Waals surface area contributed by atoms with Gasteiger partial charge in [-0.1, -0.05) is 13.3 Å². The third kappa shape index (κ3) is 3.03. The molecule has 1 aliphatic heterocycles. The first kappa shape index (κ1) is 16.9. The second-order valence-electron chi connectivity index (χ2n) is 5.83. The normalized spacial score (nSPS) is 12.3. The average molecular weight is 349 g/mol. The van der Waals surface area contributed by atoms with Crippen LogP contribution in [0, 0.1) is 0 Å². The lowest BCUT2D eigenvalue weighted by atomic mass is 9.95. The number of nitrogens with zero attached hydrogens (tertiary/aromatic N) is 1. The highest BCUT2D eigenvalue weighted by Crippen LogP contribution is 2.40. The molecule has 0 amide bonds. The van der Waals surface area contributed by atoms with Crippen molar-refractivity contribution in [2.24, 2.45) is 0 Å². The predicted molar refractivity (Wildman–Crippen MR) is 94.3 cm³/mol. The zero-order chi connectivity index (χ0) is 17.1. The molecule has 0 aliphatic carbocycles. The van der Waals surface area contributed by atoms with Gasteiger partial charge in [-0.2, -0.15) is 4.57 Å². The van der Waals surface area contributed by atoms with Crippen molar-refractivity contribution in [2.45, 2.75) is 32.7 Å². The van der Waals surface area contributed by atoms with Crippen molar-refractivity contribution in [3.63, 3.8) is 0 Å². The number of methoxy groups -OCH3 is 2.